The molecule has 1 N–H and O–H groups in total. The van der Waals surface area contributed by atoms with Crippen molar-refractivity contribution in [3.8, 4) is 5.13 Å². The minimum Gasteiger partial charge on any atom is -0.477 e. The number of anilines is 1. The topological polar surface area (TPSA) is 123 Å². The number of pyridine rings is 2. The number of thiazole rings is 1. The summed E-state index contributed by atoms with van der Waals surface area (Å²) in [5.74, 6) is -0.626. The first kappa shape index (κ1) is 22.9. The van der Waals surface area contributed by atoms with E-state index in [0.717, 1.165) is 18.7 Å². The number of carbonyl (C=O) groups is 2. The second-order valence-electron chi connectivity index (χ2n) is 8.67. The molecule has 0 atom stereocenters. The lowest BCUT2D eigenvalue weighted by Crippen LogP contribution is -2.51. The maximum atomic E-state index is 12.9. The van der Waals surface area contributed by atoms with E-state index in [9.17, 15) is 19.5 Å². The number of aryl methyl sites for hydroxylation is 2. The van der Waals surface area contributed by atoms with Crippen LogP contribution in [0.5, 0.6) is 0 Å². The molecule has 0 spiro atoms. The van der Waals surface area contributed by atoms with Gasteiger partial charge in [0.2, 0.25) is 5.43 Å². The van der Waals surface area contributed by atoms with Crippen LogP contribution in [-0.2, 0) is 17.8 Å². The molecular weight excluding hydrogens is 468 g/mol. The predicted molar refractivity (Wildman–Crippen MR) is 132 cm³/mol. The molecule has 4 aromatic rings. The van der Waals surface area contributed by atoms with Crippen LogP contribution in [0.25, 0.3) is 16.2 Å². The van der Waals surface area contributed by atoms with Crippen LogP contribution in [0.2, 0.25) is 0 Å². The van der Waals surface area contributed by atoms with E-state index >= 15 is 0 Å². The third-order valence-electron chi connectivity index (χ3n) is 6.16. The molecule has 5 heterocycles. The molecule has 0 saturated carbocycles. The fourth-order valence-electron chi connectivity index (χ4n) is 4.32. The summed E-state index contributed by atoms with van der Waals surface area (Å²) in [4.78, 5) is 48.4. The standard InChI is InChI=1S/C24H24N6O4S/c1-3-6-29-7-4-16(27-29)10-18(31)15-11-28(12-15)19-9-14(2)20-21(32)17(23(33)34)13-30(22(20)26-19)24-25-5-8-35-24/h4-5,7-9,13,15H,3,6,10-12H2,1-2H3,(H,33,34). The van der Waals surface area contributed by atoms with Gasteiger partial charge in [0.05, 0.1) is 23.4 Å². The van der Waals surface area contributed by atoms with Crippen molar-refractivity contribution in [2.24, 2.45) is 5.92 Å². The van der Waals surface area contributed by atoms with Crippen molar-refractivity contribution in [3.63, 3.8) is 0 Å². The van der Waals surface area contributed by atoms with Gasteiger partial charge in [0.1, 0.15) is 17.2 Å². The van der Waals surface area contributed by atoms with Crippen molar-refractivity contribution >= 4 is 39.9 Å². The summed E-state index contributed by atoms with van der Waals surface area (Å²) in [6.45, 7) is 5.74. The zero-order valence-corrected chi connectivity index (χ0v) is 20.2. The van der Waals surface area contributed by atoms with Gasteiger partial charge in [-0.3, -0.25) is 18.8 Å². The fourth-order valence-corrected chi connectivity index (χ4v) is 4.93. The molecule has 5 rings (SSSR count). The van der Waals surface area contributed by atoms with E-state index in [1.54, 1.807) is 29.1 Å². The highest BCUT2D eigenvalue weighted by Gasteiger charge is 2.34. The third-order valence-corrected chi connectivity index (χ3v) is 6.93. The van der Waals surface area contributed by atoms with E-state index < -0.39 is 11.4 Å². The molecule has 1 saturated heterocycles. The van der Waals surface area contributed by atoms with Gasteiger partial charge in [-0.15, -0.1) is 11.3 Å². The van der Waals surface area contributed by atoms with Crippen molar-refractivity contribution < 1.29 is 14.7 Å². The SMILES string of the molecule is CCCn1ccc(CC(=O)C2CN(c3cc(C)c4c(=O)c(C(=O)O)cn(-c5nccs5)c4n3)C2)n1. The van der Waals surface area contributed by atoms with Gasteiger partial charge in [-0.05, 0) is 31.0 Å². The van der Waals surface area contributed by atoms with E-state index in [1.165, 1.54) is 17.5 Å². The molecule has 1 aliphatic heterocycles. The lowest BCUT2D eigenvalue weighted by Gasteiger charge is -2.39. The Kier molecular flexibility index (Phi) is 5.93. The molecule has 0 aromatic carbocycles. The molecule has 1 fully saturated rings. The number of aromatic nitrogens is 5. The van der Waals surface area contributed by atoms with Crippen molar-refractivity contribution in [2.75, 3.05) is 18.0 Å². The Labute approximate surface area is 204 Å². The van der Waals surface area contributed by atoms with Gasteiger partial charge in [-0.1, -0.05) is 6.92 Å². The molecule has 0 amide bonds. The molecule has 0 bridgehead atoms. The third kappa shape index (κ3) is 4.23. The number of hydrogen-bond acceptors (Lipinski definition) is 8. The molecule has 4 aromatic heterocycles. The zero-order valence-electron chi connectivity index (χ0n) is 19.3. The Hall–Kier alpha value is -3.86. The molecule has 0 radical (unpaired) electrons. The molecule has 10 nitrogen and oxygen atoms in total. The number of hydrogen-bond donors (Lipinski definition) is 1. The number of carbonyl (C=O) groups excluding carboxylic acids is 1. The maximum Gasteiger partial charge on any atom is 0.341 e. The zero-order chi connectivity index (χ0) is 24.7. The highest BCUT2D eigenvalue weighted by atomic mass is 32.1. The van der Waals surface area contributed by atoms with Crippen LogP contribution in [0, 0.1) is 12.8 Å². The van der Waals surface area contributed by atoms with Crippen LogP contribution in [-0.4, -0.2) is 54.3 Å². The van der Waals surface area contributed by atoms with E-state index in [4.69, 9.17) is 4.98 Å². The first-order chi connectivity index (χ1) is 16.9. The summed E-state index contributed by atoms with van der Waals surface area (Å²) >= 11 is 1.32. The molecule has 35 heavy (non-hydrogen) atoms. The van der Waals surface area contributed by atoms with Gasteiger partial charge in [0.15, 0.2) is 10.8 Å². The second kappa shape index (κ2) is 9.06. The normalized spacial score (nSPS) is 13.8. The molecular formula is C24H24N6O4S. The lowest BCUT2D eigenvalue weighted by atomic mass is 9.92. The largest absolute Gasteiger partial charge is 0.477 e. The maximum absolute atomic E-state index is 12.9. The highest BCUT2D eigenvalue weighted by molar-refractivity contribution is 7.12. The van der Waals surface area contributed by atoms with E-state index in [0.29, 0.717) is 41.7 Å². The number of carboxylic acids is 1. The van der Waals surface area contributed by atoms with Crippen LogP contribution in [0.4, 0.5) is 5.82 Å². The van der Waals surface area contributed by atoms with Gasteiger partial charge < -0.3 is 10.0 Å². The number of carboxylic acid groups (broad SMARTS) is 1. The van der Waals surface area contributed by atoms with Crippen molar-refractivity contribution in [1.29, 1.82) is 0 Å². The Bertz CT molecular complexity index is 1480. The van der Waals surface area contributed by atoms with Crippen molar-refractivity contribution in [1.82, 2.24) is 24.3 Å². The van der Waals surface area contributed by atoms with E-state index in [1.807, 2.05) is 21.8 Å². The van der Waals surface area contributed by atoms with Crippen LogP contribution in [0.1, 0.15) is 35.0 Å². The number of aromatic carboxylic acids is 1. The quantitative estimate of drug-likeness (QED) is 0.398. The first-order valence-corrected chi connectivity index (χ1v) is 12.2. The van der Waals surface area contributed by atoms with Crippen molar-refractivity contribution in [2.45, 2.75) is 33.2 Å². The van der Waals surface area contributed by atoms with Gasteiger partial charge in [0.25, 0.3) is 0 Å². The van der Waals surface area contributed by atoms with Gasteiger partial charge in [0, 0.05) is 43.6 Å². The minimum atomic E-state index is -1.30. The summed E-state index contributed by atoms with van der Waals surface area (Å²) in [6, 6.07) is 3.66. The number of fused-ring (bicyclic) bond motifs is 1. The van der Waals surface area contributed by atoms with Crippen LogP contribution >= 0.6 is 11.3 Å². The minimum absolute atomic E-state index is 0.111. The summed E-state index contributed by atoms with van der Waals surface area (Å²) in [6.07, 6.45) is 6.08. The van der Waals surface area contributed by atoms with Crippen molar-refractivity contribution in [3.05, 3.63) is 63.1 Å². The van der Waals surface area contributed by atoms with Gasteiger partial charge >= 0.3 is 5.97 Å². The van der Waals surface area contributed by atoms with E-state index in [2.05, 4.69) is 17.0 Å². The Morgan fingerprint density at radius 1 is 1.29 bits per heavy atom. The van der Waals surface area contributed by atoms with Gasteiger partial charge in [-0.25, -0.2) is 14.8 Å². The van der Waals surface area contributed by atoms with Crippen LogP contribution < -0.4 is 10.3 Å². The molecule has 180 valence electrons. The highest BCUT2D eigenvalue weighted by Crippen LogP contribution is 2.29. The average Bonchev–Trinajstić information content (AvgIpc) is 3.45. The lowest BCUT2D eigenvalue weighted by molar-refractivity contribution is -0.123. The smallest absolute Gasteiger partial charge is 0.341 e. The van der Waals surface area contributed by atoms with E-state index in [-0.39, 0.29) is 22.7 Å². The van der Waals surface area contributed by atoms with Gasteiger partial charge in [-0.2, -0.15) is 5.10 Å². The monoisotopic (exact) mass is 492 g/mol. The second-order valence-corrected chi connectivity index (χ2v) is 9.55. The summed E-state index contributed by atoms with van der Waals surface area (Å²) in [7, 11) is 0. The number of Topliss-reactive ketones (excluding diaryl/α,β-unsaturated/α-hetero) is 1. The summed E-state index contributed by atoms with van der Waals surface area (Å²) < 4.78 is 3.41. The number of nitrogens with zero attached hydrogens (tertiary/aromatic N) is 6. The summed E-state index contributed by atoms with van der Waals surface area (Å²) in [5, 5.41) is 16.5. The molecule has 1 aliphatic rings. The van der Waals surface area contributed by atoms with Crippen LogP contribution in [0.15, 0.2) is 40.9 Å². The Morgan fingerprint density at radius 2 is 2.09 bits per heavy atom. The average molecular weight is 493 g/mol. The predicted octanol–water partition coefficient (Wildman–Crippen LogP) is 2.70. The summed E-state index contributed by atoms with van der Waals surface area (Å²) in [5.41, 5.74) is 0.849. The Balaban J connectivity index is 1.41. The fraction of sp³-hybridized carbons (Fsp3) is 0.333. The van der Waals surface area contributed by atoms with Crippen LogP contribution in [0.3, 0.4) is 0 Å². The molecule has 0 aliphatic carbocycles. The molecule has 0 unspecified atom stereocenters. The molecule has 11 heteroatoms. The first-order valence-electron chi connectivity index (χ1n) is 11.4. The number of ketones is 1. The Morgan fingerprint density at radius 3 is 2.77 bits per heavy atom. The number of rotatable bonds is 8.